The molecule has 1 fully saturated rings. The Labute approximate surface area is 214 Å². The maximum absolute atomic E-state index is 13.2. The van der Waals surface area contributed by atoms with Gasteiger partial charge in [0.2, 0.25) is 0 Å². The minimum Gasteiger partial charge on any atom is -0.496 e. The van der Waals surface area contributed by atoms with Gasteiger partial charge in [-0.3, -0.25) is 9.89 Å². The van der Waals surface area contributed by atoms with Crippen LogP contribution in [0.4, 0.5) is 10.5 Å². The van der Waals surface area contributed by atoms with E-state index in [1.54, 1.807) is 7.11 Å². The molecule has 0 aliphatic carbocycles. The van der Waals surface area contributed by atoms with Gasteiger partial charge in [-0.2, -0.15) is 0 Å². The molecular formula is C29H38N4O3. The largest absolute Gasteiger partial charge is 0.496 e. The average molecular weight is 491 g/mol. The van der Waals surface area contributed by atoms with Gasteiger partial charge >= 0.3 is 6.09 Å². The summed E-state index contributed by atoms with van der Waals surface area (Å²) >= 11 is 0. The number of carbonyl (C=O) groups is 1. The van der Waals surface area contributed by atoms with E-state index in [0.717, 1.165) is 55.6 Å². The molecule has 0 saturated carbocycles. The lowest BCUT2D eigenvalue weighted by molar-refractivity contribution is 0.00380. The standard InChI is InChI=1S/C29H38N4O3/c1-29(2,3)36-28(34)33-15-8-11-23(27(33)20-9-6-5-7-10-20)31-19-22-17-24-21(18-25(22)35-4)12-13-26-30-14-16-32(24)26/h5-7,9-10,17-18,23,27,31H,8,11-16,19H2,1-4H3/t23-,27-/m0/s1. The number of piperidine rings is 1. The molecule has 0 radical (unpaired) electrons. The van der Waals surface area contributed by atoms with E-state index in [1.165, 1.54) is 17.1 Å². The van der Waals surface area contributed by atoms with Crippen LogP contribution in [0.15, 0.2) is 47.5 Å². The van der Waals surface area contributed by atoms with Crippen LogP contribution in [0, 0.1) is 0 Å². The fraction of sp³-hybridized carbons (Fsp3) is 0.517. The molecule has 3 heterocycles. The van der Waals surface area contributed by atoms with Crippen molar-refractivity contribution in [1.82, 2.24) is 10.2 Å². The van der Waals surface area contributed by atoms with Gasteiger partial charge in [-0.25, -0.2) is 4.79 Å². The van der Waals surface area contributed by atoms with Crippen LogP contribution in [0.2, 0.25) is 0 Å². The number of hydrogen-bond acceptors (Lipinski definition) is 6. The number of ether oxygens (including phenoxy) is 2. The third-order valence-electron chi connectivity index (χ3n) is 7.27. The van der Waals surface area contributed by atoms with Crippen molar-refractivity contribution in [3.8, 4) is 5.75 Å². The summed E-state index contributed by atoms with van der Waals surface area (Å²) in [5, 5.41) is 3.80. The highest BCUT2D eigenvalue weighted by Gasteiger charge is 2.37. The van der Waals surface area contributed by atoms with E-state index in [4.69, 9.17) is 9.47 Å². The van der Waals surface area contributed by atoms with E-state index in [0.29, 0.717) is 13.1 Å². The zero-order chi connectivity index (χ0) is 25.3. The number of nitrogens with one attached hydrogen (secondary N) is 1. The Morgan fingerprint density at radius 1 is 1.14 bits per heavy atom. The van der Waals surface area contributed by atoms with Crippen molar-refractivity contribution in [2.45, 2.75) is 70.7 Å². The van der Waals surface area contributed by atoms with Crippen molar-refractivity contribution < 1.29 is 14.3 Å². The van der Waals surface area contributed by atoms with Crippen LogP contribution >= 0.6 is 0 Å². The van der Waals surface area contributed by atoms with E-state index < -0.39 is 5.60 Å². The van der Waals surface area contributed by atoms with Gasteiger partial charge in [-0.1, -0.05) is 30.3 Å². The number of rotatable bonds is 5. The molecule has 192 valence electrons. The highest BCUT2D eigenvalue weighted by molar-refractivity contribution is 6.02. The Balaban J connectivity index is 1.40. The van der Waals surface area contributed by atoms with Crippen molar-refractivity contribution in [2.24, 2.45) is 4.99 Å². The number of hydrogen-bond donors (Lipinski definition) is 1. The zero-order valence-electron chi connectivity index (χ0n) is 21.9. The van der Waals surface area contributed by atoms with Gasteiger partial charge in [-0.05, 0) is 63.3 Å². The summed E-state index contributed by atoms with van der Waals surface area (Å²) in [6, 6.07) is 14.8. The lowest BCUT2D eigenvalue weighted by atomic mass is 9.90. The van der Waals surface area contributed by atoms with Crippen LogP contribution < -0.4 is 15.0 Å². The molecule has 3 aliphatic heterocycles. The molecule has 2 aromatic carbocycles. The van der Waals surface area contributed by atoms with Gasteiger partial charge in [0.15, 0.2) is 0 Å². The molecule has 7 heteroatoms. The molecule has 1 amide bonds. The number of amides is 1. The molecule has 7 nitrogen and oxygen atoms in total. The highest BCUT2D eigenvalue weighted by atomic mass is 16.6. The van der Waals surface area contributed by atoms with Gasteiger partial charge < -0.3 is 19.7 Å². The fourth-order valence-corrected chi connectivity index (χ4v) is 5.69. The Hall–Kier alpha value is -3.06. The summed E-state index contributed by atoms with van der Waals surface area (Å²) in [4.78, 5) is 22.2. The molecule has 0 aromatic heterocycles. The number of fused-ring (bicyclic) bond motifs is 3. The van der Waals surface area contributed by atoms with E-state index in [9.17, 15) is 4.79 Å². The molecule has 3 aliphatic rings. The van der Waals surface area contributed by atoms with Crippen LogP contribution in [0.1, 0.15) is 62.8 Å². The smallest absolute Gasteiger partial charge is 0.410 e. The molecule has 5 rings (SSSR count). The zero-order valence-corrected chi connectivity index (χ0v) is 21.9. The minimum atomic E-state index is -0.535. The van der Waals surface area contributed by atoms with Crippen LogP contribution in [-0.2, 0) is 17.7 Å². The normalized spacial score (nSPS) is 21.5. The first-order valence-electron chi connectivity index (χ1n) is 13.1. The van der Waals surface area contributed by atoms with Crippen molar-refractivity contribution >= 4 is 17.6 Å². The highest BCUT2D eigenvalue weighted by Crippen LogP contribution is 2.37. The van der Waals surface area contributed by atoms with Crippen molar-refractivity contribution in [1.29, 1.82) is 0 Å². The summed E-state index contributed by atoms with van der Waals surface area (Å²) in [6.07, 6.45) is 3.65. The van der Waals surface area contributed by atoms with Crippen LogP contribution in [0.25, 0.3) is 0 Å². The number of methoxy groups -OCH3 is 1. The van der Waals surface area contributed by atoms with Gasteiger partial charge in [0.05, 0.1) is 19.7 Å². The quantitative estimate of drug-likeness (QED) is 0.632. The Bertz CT molecular complexity index is 1130. The lowest BCUT2D eigenvalue weighted by Gasteiger charge is -2.42. The molecule has 1 N–H and O–H groups in total. The summed E-state index contributed by atoms with van der Waals surface area (Å²) in [6.45, 7) is 8.92. The second-order valence-electron chi connectivity index (χ2n) is 10.9. The molecule has 2 atom stereocenters. The molecule has 0 spiro atoms. The van der Waals surface area contributed by atoms with Gasteiger partial charge in [0.1, 0.15) is 17.2 Å². The SMILES string of the molecule is COc1cc2c(cc1CN[C@H]1CCCN(C(=O)OC(C)(C)C)[C@H]1c1ccccc1)N1CCN=C1CC2. The number of nitrogens with zero attached hydrogens (tertiary/aromatic N) is 3. The molecule has 1 saturated heterocycles. The van der Waals surface area contributed by atoms with E-state index in [1.807, 2.05) is 43.9 Å². The number of benzene rings is 2. The van der Waals surface area contributed by atoms with Crippen molar-refractivity contribution in [2.75, 3.05) is 31.6 Å². The van der Waals surface area contributed by atoms with E-state index >= 15 is 0 Å². The first kappa shape index (κ1) is 24.6. The number of carbonyl (C=O) groups excluding carboxylic acids is 1. The number of anilines is 1. The average Bonchev–Trinajstić information content (AvgIpc) is 3.35. The predicted molar refractivity (Wildman–Crippen MR) is 143 cm³/mol. The molecule has 0 unspecified atom stereocenters. The third-order valence-corrected chi connectivity index (χ3v) is 7.27. The number of amidine groups is 1. The van der Waals surface area contributed by atoms with Crippen molar-refractivity contribution in [3.63, 3.8) is 0 Å². The number of aryl methyl sites for hydroxylation is 1. The Kier molecular flexibility index (Phi) is 6.93. The Morgan fingerprint density at radius 3 is 2.69 bits per heavy atom. The maximum atomic E-state index is 13.2. The number of likely N-dealkylation sites (tertiary alicyclic amines) is 1. The van der Waals surface area contributed by atoms with E-state index in [2.05, 4.69) is 39.5 Å². The Morgan fingerprint density at radius 2 is 1.94 bits per heavy atom. The van der Waals surface area contributed by atoms with Gasteiger partial charge in [0, 0.05) is 43.3 Å². The van der Waals surface area contributed by atoms with Crippen LogP contribution in [0.3, 0.4) is 0 Å². The fourth-order valence-electron chi connectivity index (χ4n) is 5.69. The van der Waals surface area contributed by atoms with Gasteiger partial charge in [-0.15, -0.1) is 0 Å². The monoisotopic (exact) mass is 490 g/mol. The predicted octanol–water partition coefficient (Wildman–Crippen LogP) is 5.09. The summed E-state index contributed by atoms with van der Waals surface area (Å²) < 4.78 is 11.6. The molecular weight excluding hydrogens is 452 g/mol. The molecule has 0 bridgehead atoms. The number of aliphatic imine (C=N–C) groups is 1. The van der Waals surface area contributed by atoms with E-state index in [-0.39, 0.29) is 18.2 Å². The van der Waals surface area contributed by atoms with Crippen LogP contribution in [-0.4, -0.2) is 55.2 Å². The maximum Gasteiger partial charge on any atom is 0.410 e. The second kappa shape index (κ2) is 10.1. The second-order valence-corrected chi connectivity index (χ2v) is 10.9. The minimum absolute atomic E-state index is 0.0957. The van der Waals surface area contributed by atoms with Crippen molar-refractivity contribution in [3.05, 3.63) is 59.2 Å². The first-order chi connectivity index (χ1) is 17.3. The molecule has 2 aromatic rings. The summed E-state index contributed by atoms with van der Waals surface area (Å²) in [5.41, 5.74) is 4.30. The van der Waals surface area contributed by atoms with Crippen LogP contribution in [0.5, 0.6) is 5.75 Å². The molecule has 36 heavy (non-hydrogen) atoms. The lowest BCUT2D eigenvalue weighted by Crippen LogP contribution is -2.51. The third kappa shape index (κ3) is 5.07. The summed E-state index contributed by atoms with van der Waals surface area (Å²) in [5.74, 6) is 2.12. The summed E-state index contributed by atoms with van der Waals surface area (Å²) in [7, 11) is 1.74. The van der Waals surface area contributed by atoms with Gasteiger partial charge in [0.25, 0.3) is 0 Å². The first-order valence-corrected chi connectivity index (χ1v) is 13.1. The topological polar surface area (TPSA) is 66.4 Å².